The van der Waals surface area contributed by atoms with E-state index in [1.165, 1.54) is 0 Å². The zero-order valence-corrected chi connectivity index (χ0v) is 17.0. The highest BCUT2D eigenvalue weighted by molar-refractivity contribution is 7.09. The van der Waals surface area contributed by atoms with Crippen LogP contribution in [0.25, 0.3) is 0 Å². The molecule has 9 heteroatoms. The van der Waals surface area contributed by atoms with Gasteiger partial charge >= 0.3 is 6.18 Å². The van der Waals surface area contributed by atoms with E-state index in [4.69, 9.17) is 4.74 Å². The van der Waals surface area contributed by atoms with Gasteiger partial charge in [0.2, 0.25) is 0 Å². The molecule has 2 rings (SSSR count). The lowest BCUT2D eigenvalue weighted by Gasteiger charge is -2.15. The maximum absolute atomic E-state index is 12.6. The Morgan fingerprint density at radius 1 is 1.25 bits per heavy atom. The second-order valence-electron chi connectivity index (χ2n) is 6.54. The van der Waals surface area contributed by atoms with Crippen molar-refractivity contribution in [2.24, 2.45) is 10.9 Å². The smallest absolute Gasteiger partial charge is 0.434 e. The van der Waals surface area contributed by atoms with Gasteiger partial charge in [-0.3, -0.25) is 4.99 Å². The van der Waals surface area contributed by atoms with Crippen molar-refractivity contribution in [2.75, 3.05) is 20.2 Å². The van der Waals surface area contributed by atoms with Crippen molar-refractivity contribution in [1.82, 2.24) is 15.6 Å². The van der Waals surface area contributed by atoms with Gasteiger partial charge < -0.3 is 15.4 Å². The molecule has 0 amide bonds. The van der Waals surface area contributed by atoms with Crippen LogP contribution in [0.1, 0.15) is 30.1 Å². The molecule has 1 heterocycles. The summed E-state index contributed by atoms with van der Waals surface area (Å²) in [6, 6.07) is 7.77. The third kappa shape index (κ3) is 7.03. The number of nitrogens with zero attached hydrogens (tertiary/aromatic N) is 2. The van der Waals surface area contributed by atoms with Gasteiger partial charge in [0.25, 0.3) is 0 Å². The lowest BCUT2D eigenvalue weighted by atomic mass is 10.2. The molecule has 0 saturated heterocycles. The van der Waals surface area contributed by atoms with Crippen molar-refractivity contribution < 1.29 is 17.9 Å². The number of nitrogens with one attached hydrogen (secondary N) is 2. The highest BCUT2D eigenvalue weighted by Crippen LogP contribution is 2.30. The van der Waals surface area contributed by atoms with E-state index in [0.717, 1.165) is 28.0 Å². The largest absolute Gasteiger partial charge is 0.493 e. The number of para-hydroxylation sites is 1. The van der Waals surface area contributed by atoms with E-state index in [2.05, 4.69) is 34.5 Å². The molecule has 1 aromatic heterocycles. The number of alkyl halides is 3. The van der Waals surface area contributed by atoms with Crippen LogP contribution >= 0.6 is 11.3 Å². The number of halogens is 3. The molecule has 28 heavy (non-hydrogen) atoms. The number of guanidine groups is 1. The average Bonchev–Trinajstić information content (AvgIpc) is 3.13. The number of aliphatic imine (C=N–C) groups is 1. The second kappa shape index (κ2) is 10.3. The molecule has 0 radical (unpaired) electrons. The monoisotopic (exact) mass is 414 g/mol. The van der Waals surface area contributed by atoms with E-state index < -0.39 is 11.9 Å². The summed E-state index contributed by atoms with van der Waals surface area (Å²) in [4.78, 5) is 7.76. The van der Waals surface area contributed by atoms with Gasteiger partial charge in [-0.2, -0.15) is 13.2 Å². The molecule has 2 aromatic rings. The van der Waals surface area contributed by atoms with E-state index in [-0.39, 0.29) is 0 Å². The van der Waals surface area contributed by atoms with Crippen molar-refractivity contribution in [3.05, 3.63) is 45.9 Å². The fourth-order valence-electron chi connectivity index (χ4n) is 2.29. The molecule has 154 valence electrons. The van der Waals surface area contributed by atoms with Gasteiger partial charge in [-0.05, 0) is 12.0 Å². The normalized spacial score (nSPS) is 12.3. The molecule has 0 saturated carbocycles. The van der Waals surface area contributed by atoms with Crippen molar-refractivity contribution in [2.45, 2.75) is 33.0 Å². The first-order chi connectivity index (χ1) is 13.3. The molecule has 0 unspecified atom stereocenters. The number of aromatic nitrogens is 1. The van der Waals surface area contributed by atoms with Crippen molar-refractivity contribution in [3.63, 3.8) is 0 Å². The molecule has 0 bridgehead atoms. The Bertz CT molecular complexity index is 775. The van der Waals surface area contributed by atoms with Gasteiger partial charge in [0, 0.05) is 37.5 Å². The molecule has 0 aliphatic heterocycles. The number of rotatable bonds is 8. The fraction of sp³-hybridized carbons (Fsp3) is 0.474. The maximum Gasteiger partial charge on any atom is 0.434 e. The summed E-state index contributed by atoms with van der Waals surface area (Å²) in [6.07, 6.45) is -4.01. The van der Waals surface area contributed by atoms with Gasteiger partial charge in [0.1, 0.15) is 5.75 Å². The SMILES string of the molecule is CN=C(NCCc1nc(C(F)(F)F)cs1)NCc1ccccc1OCC(C)C. The minimum atomic E-state index is -4.40. The van der Waals surface area contributed by atoms with Crippen LogP contribution in [-0.2, 0) is 19.1 Å². The van der Waals surface area contributed by atoms with E-state index in [1.807, 2.05) is 24.3 Å². The first kappa shape index (κ1) is 22.0. The summed E-state index contributed by atoms with van der Waals surface area (Å²) < 4.78 is 43.6. The molecular formula is C19H25F3N4OS. The summed E-state index contributed by atoms with van der Waals surface area (Å²) >= 11 is 1.01. The quantitative estimate of drug-likeness (QED) is 0.504. The summed E-state index contributed by atoms with van der Waals surface area (Å²) in [5.41, 5.74) is 0.161. The first-order valence-electron chi connectivity index (χ1n) is 8.96. The number of ether oxygens (including phenoxy) is 1. The Hall–Kier alpha value is -2.29. The molecular weight excluding hydrogens is 389 g/mol. The van der Waals surface area contributed by atoms with Gasteiger partial charge in [0.15, 0.2) is 11.7 Å². The summed E-state index contributed by atoms with van der Waals surface area (Å²) in [7, 11) is 1.64. The zero-order chi connectivity index (χ0) is 20.6. The maximum atomic E-state index is 12.6. The first-order valence-corrected chi connectivity index (χ1v) is 9.84. The van der Waals surface area contributed by atoms with Gasteiger partial charge in [0.05, 0.1) is 11.6 Å². The summed E-state index contributed by atoms with van der Waals surface area (Å²) in [5, 5.41) is 7.75. The van der Waals surface area contributed by atoms with Crippen LogP contribution in [0.5, 0.6) is 5.75 Å². The fourth-order valence-corrected chi connectivity index (χ4v) is 3.10. The third-order valence-electron chi connectivity index (χ3n) is 3.69. The van der Waals surface area contributed by atoms with Crippen LogP contribution in [-0.4, -0.2) is 31.1 Å². The lowest BCUT2D eigenvalue weighted by Crippen LogP contribution is -2.37. The molecule has 5 nitrogen and oxygen atoms in total. The molecule has 0 aliphatic carbocycles. The summed E-state index contributed by atoms with van der Waals surface area (Å²) in [5.74, 6) is 1.81. The third-order valence-corrected chi connectivity index (χ3v) is 4.60. The number of thiazole rings is 1. The summed E-state index contributed by atoms with van der Waals surface area (Å²) in [6.45, 7) is 5.76. The van der Waals surface area contributed by atoms with Crippen LogP contribution in [0.4, 0.5) is 13.2 Å². The molecule has 0 aliphatic rings. The van der Waals surface area contributed by atoms with Gasteiger partial charge in [-0.15, -0.1) is 11.3 Å². The van der Waals surface area contributed by atoms with Crippen molar-refractivity contribution >= 4 is 17.3 Å². The Morgan fingerprint density at radius 2 is 2.00 bits per heavy atom. The number of hydrogen-bond donors (Lipinski definition) is 2. The van der Waals surface area contributed by atoms with Crippen LogP contribution in [0.3, 0.4) is 0 Å². The second-order valence-corrected chi connectivity index (χ2v) is 7.48. The Kier molecular flexibility index (Phi) is 8.10. The Morgan fingerprint density at radius 3 is 2.64 bits per heavy atom. The predicted molar refractivity (Wildman–Crippen MR) is 106 cm³/mol. The Labute approximate surface area is 167 Å². The van der Waals surface area contributed by atoms with Crippen LogP contribution in [0, 0.1) is 5.92 Å². The Balaban J connectivity index is 1.83. The molecule has 2 N–H and O–H groups in total. The highest BCUT2D eigenvalue weighted by Gasteiger charge is 2.33. The van der Waals surface area contributed by atoms with E-state index in [1.54, 1.807) is 7.05 Å². The van der Waals surface area contributed by atoms with E-state index in [0.29, 0.717) is 43.0 Å². The van der Waals surface area contributed by atoms with E-state index >= 15 is 0 Å². The topological polar surface area (TPSA) is 58.5 Å². The van der Waals surface area contributed by atoms with Crippen molar-refractivity contribution in [1.29, 1.82) is 0 Å². The van der Waals surface area contributed by atoms with Crippen LogP contribution < -0.4 is 15.4 Å². The van der Waals surface area contributed by atoms with E-state index in [9.17, 15) is 13.2 Å². The molecule has 1 aromatic carbocycles. The molecule has 0 atom stereocenters. The lowest BCUT2D eigenvalue weighted by molar-refractivity contribution is -0.140. The van der Waals surface area contributed by atoms with Crippen LogP contribution in [0.15, 0.2) is 34.6 Å². The van der Waals surface area contributed by atoms with Crippen molar-refractivity contribution in [3.8, 4) is 5.75 Å². The minimum Gasteiger partial charge on any atom is -0.493 e. The van der Waals surface area contributed by atoms with Crippen LogP contribution in [0.2, 0.25) is 0 Å². The average molecular weight is 414 g/mol. The number of hydrogen-bond acceptors (Lipinski definition) is 4. The standard InChI is InChI=1S/C19H25F3N4OS/c1-13(2)11-27-15-7-5-4-6-14(15)10-25-18(23-3)24-9-8-17-26-16(12-28-17)19(20,21)22/h4-7,12-13H,8-11H2,1-3H3,(H2,23,24,25). The zero-order valence-electron chi connectivity index (χ0n) is 16.1. The molecule has 0 spiro atoms. The van der Waals surface area contributed by atoms with Gasteiger partial charge in [-0.1, -0.05) is 32.0 Å². The molecule has 0 fully saturated rings. The predicted octanol–water partition coefficient (Wildman–Crippen LogP) is 4.10. The van der Waals surface area contributed by atoms with Gasteiger partial charge in [-0.25, -0.2) is 4.98 Å². The number of benzene rings is 1. The minimum absolute atomic E-state index is 0.384. The highest BCUT2D eigenvalue weighted by atomic mass is 32.1.